The van der Waals surface area contributed by atoms with Crippen LogP contribution in [0.3, 0.4) is 0 Å². The molecular weight excluding hydrogens is 302 g/mol. The molecule has 3 aromatic carbocycles. The number of aliphatic imine (C=N–C) groups is 1. The van der Waals surface area contributed by atoms with Gasteiger partial charge < -0.3 is 0 Å². The molecule has 1 heterocycles. The molecule has 110 valence electrons. The Kier molecular flexibility index (Phi) is 3.56. The third-order valence-corrected chi connectivity index (χ3v) is 4.75. The van der Waals surface area contributed by atoms with Gasteiger partial charge in [0.05, 0.1) is 4.91 Å². The van der Waals surface area contributed by atoms with Crippen molar-refractivity contribution in [1.29, 1.82) is 0 Å². The number of benzene rings is 3. The van der Waals surface area contributed by atoms with E-state index in [0.717, 1.165) is 16.2 Å². The maximum Gasteiger partial charge on any atom is 0.284 e. The molecule has 0 fully saturated rings. The van der Waals surface area contributed by atoms with Crippen LogP contribution in [-0.2, 0) is 4.79 Å². The molecule has 0 aliphatic carbocycles. The van der Waals surface area contributed by atoms with E-state index in [2.05, 4.69) is 29.3 Å². The molecule has 23 heavy (non-hydrogen) atoms. The minimum absolute atomic E-state index is 0.165. The van der Waals surface area contributed by atoms with Crippen LogP contribution in [0, 0.1) is 0 Å². The van der Waals surface area contributed by atoms with Crippen molar-refractivity contribution in [2.24, 2.45) is 4.99 Å². The van der Waals surface area contributed by atoms with Gasteiger partial charge in [-0.1, -0.05) is 78.5 Å². The molecular formula is C20H13NOS. The zero-order chi connectivity index (χ0) is 15.6. The Bertz CT molecular complexity index is 958. The molecule has 0 N–H and O–H groups in total. The quantitative estimate of drug-likeness (QED) is 0.629. The smallest absolute Gasteiger partial charge is 0.266 e. The van der Waals surface area contributed by atoms with Crippen molar-refractivity contribution >= 4 is 39.6 Å². The van der Waals surface area contributed by atoms with Crippen molar-refractivity contribution in [2.45, 2.75) is 0 Å². The van der Waals surface area contributed by atoms with Gasteiger partial charge in [0.1, 0.15) is 5.04 Å². The lowest BCUT2D eigenvalue weighted by Crippen LogP contribution is -1.89. The Morgan fingerprint density at radius 3 is 2.39 bits per heavy atom. The van der Waals surface area contributed by atoms with Gasteiger partial charge in [-0.05, 0) is 28.5 Å². The second-order valence-corrected chi connectivity index (χ2v) is 6.34. The lowest BCUT2D eigenvalue weighted by atomic mass is 10.1. The lowest BCUT2D eigenvalue weighted by Gasteiger charge is -2.01. The van der Waals surface area contributed by atoms with Gasteiger partial charge in [0.2, 0.25) is 0 Å². The standard InChI is InChI=1S/C20H13NOS/c22-19-18(23-20(21-19)16-7-2-1-3-8-16)13-14-10-11-15-6-4-5-9-17(15)12-14/h1-13H. The molecule has 0 saturated carbocycles. The predicted molar refractivity (Wildman–Crippen MR) is 97.5 cm³/mol. The highest BCUT2D eigenvalue weighted by Crippen LogP contribution is 2.32. The molecule has 1 aliphatic rings. The van der Waals surface area contributed by atoms with Crippen molar-refractivity contribution in [2.75, 3.05) is 0 Å². The first-order valence-electron chi connectivity index (χ1n) is 7.36. The number of carbonyl (C=O) groups is 1. The highest BCUT2D eigenvalue weighted by Gasteiger charge is 2.22. The van der Waals surface area contributed by atoms with Crippen molar-refractivity contribution in [3.05, 3.63) is 88.8 Å². The number of carbonyl (C=O) groups excluding carboxylic acids is 1. The molecule has 0 bridgehead atoms. The fourth-order valence-corrected chi connectivity index (χ4v) is 3.48. The van der Waals surface area contributed by atoms with Crippen molar-refractivity contribution in [3.8, 4) is 0 Å². The van der Waals surface area contributed by atoms with Gasteiger partial charge in [0.25, 0.3) is 5.91 Å². The molecule has 3 aromatic rings. The Labute approximate surface area is 138 Å². The summed E-state index contributed by atoms with van der Waals surface area (Å²) in [4.78, 5) is 17.0. The zero-order valence-corrected chi connectivity index (χ0v) is 13.1. The Hall–Kier alpha value is -2.65. The number of amides is 1. The molecule has 0 radical (unpaired) electrons. The zero-order valence-electron chi connectivity index (χ0n) is 12.3. The van der Waals surface area contributed by atoms with Gasteiger partial charge >= 0.3 is 0 Å². The number of fused-ring (bicyclic) bond motifs is 1. The summed E-state index contributed by atoms with van der Waals surface area (Å²) >= 11 is 1.43. The number of nitrogens with zero attached hydrogens (tertiary/aromatic N) is 1. The van der Waals surface area contributed by atoms with Crippen LogP contribution < -0.4 is 0 Å². The summed E-state index contributed by atoms with van der Waals surface area (Å²) in [6.07, 6.45) is 1.92. The summed E-state index contributed by atoms with van der Waals surface area (Å²) in [5.74, 6) is -0.165. The third-order valence-electron chi connectivity index (χ3n) is 3.71. The number of hydrogen-bond donors (Lipinski definition) is 0. The van der Waals surface area contributed by atoms with E-state index < -0.39 is 0 Å². The van der Waals surface area contributed by atoms with Gasteiger partial charge in [0, 0.05) is 5.56 Å². The lowest BCUT2D eigenvalue weighted by molar-refractivity contribution is -0.113. The van der Waals surface area contributed by atoms with Crippen LogP contribution >= 0.6 is 11.8 Å². The van der Waals surface area contributed by atoms with Crippen LogP contribution in [0.25, 0.3) is 16.8 Å². The van der Waals surface area contributed by atoms with Gasteiger partial charge in [0.15, 0.2) is 0 Å². The van der Waals surface area contributed by atoms with Crippen LogP contribution in [0.1, 0.15) is 11.1 Å². The summed E-state index contributed by atoms with van der Waals surface area (Å²) in [6, 6.07) is 24.2. The fraction of sp³-hybridized carbons (Fsp3) is 0. The first-order chi connectivity index (χ1) is 11.3. The molecule has 1 aliphatic heterocycles. The minimum atomic E-state index is -0.165. The molecule has 0 atom stereocenters. The van der Waals surface area contributed by atoms with Crippen molar-refractivity contribution < 1.29 is 4.79 Å². The Morgan fingerprint density at radius 1 is 0.826 bits per heavy atom. The third kappa shape index (κ3) is 2.83. The maximum absolute atomic E-state index is 12.1. The monoisotopic (exact) mass is 315 g/mol. The Balaban J connectivity index is 1.65. The highest BCUT2D eigenvalue weighted by atomic mass is 32.2. The number of thioether (sulfide) groups is 1. The second-order valence-electron chi connectivity index (χ2n) is 5.31. The fourth-order valence-electron chi connectivity index (χ4n) is 2.56. The van der Waals surface area contributed by atoms with E-state index in [0.29, 0.717) is 4.91 Å². The molecule has 0 aromatic heterocycles. The summed E-state index contributed by atoms with van der Waals surface area (Å²) in [5.41, 5.74) is 2.00. The molecule has 2 nitrogen and oxygen atoms in total. The molecule has 0 spiro atoms. The van der Waals surface area contributed by atoms with E-state index in [1.54, 1.807) is 0 Å². The van der Waals surface area contributed by atoms with Crippen molar-refractivity contribution in [3.63, 3.8) is 0 Å². The normalized spacial score (nSPS) is 16.1. The van der Waals surface area contributed by atoms with Crippen LogP contribution in [0.5, 0.6) is 0 Å². The van der Waals surface area contributed by atoms with Crippen LogP contribution in [0.15, 0.2) is 82.7 Å². The number of rotatable bonds is 2. The van der Waals surface area contributed by atoms with E-state index in [1.165, 1.54) is 22.5 Å². The average Bonchev–Trinajstić information content (AvgIpc) is 2.96. The van der Waals surface area contributed by atoms with Gasteiger partial charge in [-0.3, -0.25) is 4.79 Å². The van der Waals surface area contributed by atoms with E-state index >= 15 is 0 Å². The Morgan fingerprint density at radius 2 is 1.57 bits per heavy atom. The van der Waals surface area contributed by atoms with Gasteiger partial charge in [-0.2, -0.15) is 0 Å². The molecule has 3 heteroatoms. The highest BCUT2D eigenvalue weighted by molar-refractivity contribution is 8.19. The summed E-state index contributed by atoms with van der Waals surface area (Å²) in [6.45, 7) is 0. The SMILES string of the molecule is O=C1N=C(c2ccccc2)SC1=Cc1ccc2ccccc2c1. The number of hydrogen-bond acceptors (Lipinski definition) is 2. The van der Waals surface area contributed by atoms with Gasteiger partial charge in [-0.15, -0.1) is 0 Å². The molecule has 0 unspecified atom stereocenters. The second kappa shape index (κ2) is 5.86. The average molecular weight is 315 g/mol. The topological polar surface area (TPSA) is 29.4 Å². The minimum Gasteiger partial charge on any atom is -0.266 e. The molecule has 4 rings (SSSR count). The van der Waals surface area contributed by atoms with E-state index in [-0.39, 0.29) is 5.91 Å². The summed E-state index contributed by atoms with van der Waals surface area (Å²) in [5, 5.41) is 3.13. The van der Waals surface area contributed by atoms with Crippen LogP contribution in [0.4, 0.5) is 0 Å². The van der Waals surface area contributed by atoms with E-state index in [4.69, 9.17) is 0 Å². The summed E-state index contributed by atoms with van der Waals surface area (Å²) in [7, 11) is 0. The van der Waals surface area contributed by atoms with Crippen LogP contribution in [0.2, 0.25) is 0 Å². The maximum atomic E-state index is 12.1. The van der Waals surface area contributed by atoms with Gasteiger partial charge in [-0.25, -0.2) is 4.99 Å². The van der Waals surface area contributed by atoms with E-state index in [1.807, 2.05) is 54.6 Å². The largest absolute Gasteiger partial charge is 0.284 e. The first kappa shape index (κ1) is 14.0. The van der Waals surface area contributed by atoms with Crippen molar-refractivity contribution in [1.82, 2.24) is 0 Å². The molecule has 0 saturated heterocycles. The first-order valence-corrected chi connectivity index (χ1v) is 8.18. The van der Waals surface area contributed by atoms with Crippen LogP contribution in [-0.4, -0.2) is 11.0 Å². The summed E-state index contributed by atoms with van der Waals surface area (Å²) < 4.78 is 0. The molecule has 1 amide bonds. The van der Waals surface area contributed by atoms with E-state index in [9.17, 15) is 4.79 Å². The predicted octanol–water partition coefficient (Wildman–Crippen LogP) is 4.90.